The zero-order valence-corrected chi connectivity index (χ0v) is 14.5. The lowest BCUT2D eigenvalue weighted by Crippen LogP contribution is -2.52. The molecule has 1 saturated heterocycles. The topological polar surface area (TPSA) is 103 Å². The molecule has 7 nitrogen and oxygen atoms in total. The van der Waals surface area contributed by atoms with Crippen molar-refractivity contribution in [1.29, 1.82) is 0 Å². The Morgan fingerprint density at radius 2 is 2.16 bits per heavy atom. The van der Waals surface area contributed by atoms with Crippen LogP contribution in [0.2, 0.25) is 0 Å². The summed E-state index contributed by atoms with van der Waals surface area (Å²) in [6.07, 6.45) is 1.94. The van der Waals surface area contributed by atoms with Crippen LogP contribution < -0.4 is 5.32 Å². The van der Waals surface area contributed by atoms with Crippen molar-refractivity contribution in [3.05, 3.63) is 36.0 Å². The third kappa shape index (κ3) is 3.63. The fraction of sp³-hybridized carbons (Fsp3) is 0.353. The van der Waals surface area contributed by atoms with Gasteiger partial charge in [-0.2, -0.15) is 0 Å². The van der Waals surface area contributed by atoms with E-state index in [2.05, 4.69) is 10.3 Å². The maximum absolute atomic E-state index is 12.5. The minimum atomic E-state index is -1.10. The number of thioether (sulfide) groups is 1. The summed E-state index contributed by atoms with van der Waals surface area (Å²) in [5.41, 5.74) is 1.75. The number of benzene rings is 1. The molecule has 2 atom stereocenters. The van der Waals surface area contributed by atoms with Gasteiger partial charge < -0.3 is 20.3 Å². The van der Waals surface area contributed by atoms with Crippen LogP contribution in [-0.2, 0) is 20.8 Å². The van der Waals surface area contributed by atoms with Gasteiger partial charge in [0.1, 0.15) is 12.1 Å². The average Bonchev–Trinajstić information content (AvgIpc) is 3.21. The molecule has 0 bridgehead atoms. The first kappa shape index (κ1) is 17.3. The molecule has 0 radical (unpaired) electrons. The van der Waals surface area contributed by atoms with Crippen molar-refractivity contribution in [3.8, 4) is 0 Å². The average molecular weight is 361 g/mol. The van der Waals surface area contributed by atoms with Gasteiger partial charge in [-0.1, -0.05) is 18.2 Å². The van der Waals surface area contributed by atoms with E-state index in [1.54, 1.807) is 6.20 Å². The van der Waals surface area contributed by atoms with E-state index in [0.29, 0.717) is 11.6 Å². The second-order valence-electron chi connectivity index (χ2n) is 5.97. The molecular formula is C17H19N3O4S. The number of hydrogen-bond acceptors (Lipinski definition) is 4. The van der Waals surface area contributed by atoms with Gasteiger partial charge in [0.15, 0.2) is 0 Å². The van der Waals surface area contributed by atoms with E-state index in [-0.39, 0.29) is 12.3 Å². The Hall–Kier alpha value is -2.48. The van der Waals surface area contributed by atoms with E-state index < -0.39 is 24.0 Å². The molecule has 8 heteroatoms. The smallest absolute Gasteiger partial charge is 0.326 e. The van der Waals surface area contributed by atoms with E-state index in [4.69, 9.17) is 0 Å². The van der Waals surface area contributed by atoms with Crippen LogP contribution in [0.15, 0.2) is 30.5 Å². The number of H-pyrrole nitrogens is 1. The van der Waals surface area contributed by atoms with Gasteiger partial charge in [0.25, 0.3) is 0 Å². The van der Waals surface area contributed by atoms with Crippen LogP contribution in [0.4, 0.5) is 0 Å². The molecule has 3 N–H and O–H groups in total. The molecule has 2 heterocycles. The second kappa shape index (κ2) is 7.18. The van der Waals surface area contributed by atoms with Crippen molar-refractivity contribution in [2.75, 3.05) is 11.6 Å². The van der Waals surface area contributed by atoms with Gasteiger partial charge >= 0.3 is 5.97 Å². The quantitative estimate of drug-likeness (QED) is 0.743. The highest BCUT2D eigenvalue weighted by Crippen LogP contribution is 2.22. The van der Waals surface area contributed by atoms with Crippen LogP contribution in [-0.4, -0.2) is 56.5 Å². The number of aliphatic carboxylic acids is 1. The molecule has 1 aliphatic heterocycles. The first-order chi connectivity index (χ1) is 12.0. The molecule has 0 unspecified atom stereocenters. The number of fused-ring (bicyclic) bond motifs is 1. The molecule has 0 aliphatic carbocycles. The summed E-state index contributed by atoms with van der Waals surface area (Å²) in [5, 5.41) is 13.0. The van der Waals surface area contributed by atoms with Crippen molar-refractivity contribution >= 4 is 40.4 Å². The molecule has 1 aromatic heterocycles. The second-order valence-corrected chi connectivity index (χ2v) is 6.97. The zero-order valence-electron chi connectivity index (χ0n) is 13.7. The largest absolute Gasteiger partial charge is 0.480 e. The number of carbonyl (C=O) groups is 3. The number of carboxylic acids is 1. The van der Waals surface area contributed by atoms with E-state index in [1.165, 1.54) is 23.6 Å². The van der Waals surface area contributed by atoms with Gasteiger partial charge in [-0.15, -0.1) is 11.8 Å². The van der Waals surface area contributed by atoms with Crippen LogP contribution in [0.5, 0.6) is 0 Å². The molecule has 0 saturated carbocycles. The number of rotatable bonds is 5. The van der Waals surface area contributed by atoms with E-state index >= 15 is 0 Å². The highest BCUT2D eigenvalue weighted by Gasteiger charge is 2.35. The van der Waals surface area contributed by atoms with Gasteiger partial charge in [0, 0.05) is 36.2 Å². The maximum atomic E-state index is 12.5. The van der Waals surface area contributed by atoms with Crippen molar-refractivity contribution in [2.45, 2.75) is 25.4 Å². The number of carboxylic acid groups (broad SMARTS) is 1. The van der Waals surface area contributed by atoms with Crippen LogP contribution >= 0.6 is 11.8 Å². The molecule has 2 aromatic rings. The highest BCUT2D eigenvalue weighted by atomic mass is 32.2. The predicted octanol–water partition coefficient (Wildman–Crippen LogP) is 1.20. The van der Waals surface area contributed by atoms with Crippen LogP contribution in [0.3, 0.4) is 0 Å². The summed E-state index contributed by atoms with van der Waals surface area (Å²) < 4.78 is 0. The first-order valence-corrected chi connectivity index (χ1v) is 9.06. The fourth-order valence-corrected chi connectivity index (χ4v) is 4.18. The number of para-hydroxylation sites is 1. The van der Waals surface area contributed by atoms with Crippen LogP contribution in [0, 0.1) is 0 Å². The van der Waals surface area contributed by atoms with Gasteiger partial charge in [0.05, 0.1) is 5.88 Å². The number of hydrogen-bond donors (Lipinski definition) is 3. The minimum absolute atomic E-state index is 0.172. The Balaban J connectivity index is 1.74. The summed E-state index contributed by atoms with van der Waals surface area (Å²) >= 11 is 1.48. The lowest BCUT2D eigenvalue weighted by molar-refractivity contribution is -0.143. The maximum Gasteiger partial charge on any atom is 0.326 e. The number of nitrogens with one attached hydrogen (secondary N) is 2. The molecule has 1 fully saturated rings. The molecule has 2 amide bonds. The third-order valence-electron chi connectivity index (χ3n) is 4.30. The predicted molar refractivity (Wildman–Crippen MR) is 95.2 cm³/mol. The summed E-state index contributed by atoms with van der Waals surface area (Å²) in [5.74, 6) is -0.780. The fourth-order valence-electron chi connectivity index (χ4n) is 2.96. The summed E-state index contributed by atoms with van der Waals surface area (Å²) in [6, 6.07) is 5.93. The standard InChI is InChI=1S/C17H19N3O4S/c1-10(21)20-9-25-8-15(20)16(22)19-14(17(23)24)6-11-7-18-13-5-3-2-4-12(11)13/h2-5,7,14-15,18H,6,8-9H2,1H3,(H,19,22)(H,23,24)/t14-,15-/m0/s1. The molecule has 1 aromatic carbocycles. The number of carbonyl (C=O) groups excluding carboxylic acids is 2. The Labute approximate surface area is 148 Å². The monoisotopic (exact) mass is 361 g/mol. The van der Waals surface area contributed by atoms with Gasteiger partial charge in [-0.05, 0) is 11.6 Å². The van der Waals surface area contributed by atoms with Crippen LogP contribution in [0.25, 0.3) is 10.9 Å². The van der Waals surface area contributed by atoms with Crippen molar-refractivity contribution < 1.29 is 19.5 Å². The van der Waals surface area contributed by atoms with E-state index in [0.717, 1.165) is 16.5 Å². The molecule has 132 valence electrons. The number of aromatic nitrogens is 1. The molecule has 0 spiro atoms. The van der Waals surface area contributed by atoms with E-state index in [9.17, 15) is 19.5 Å². The van der Waals surface area contributed by atoms with Gasteiger partial charge in [0.2, 0.25) is 11.8 Å². The van der Waals surface area contributed by atoms with Gasteiger partial charge in [-0.3, -0.25) is 9.59 Å². The Morgan fingerprint density at radius 3 is 2.88 bits per heavy atom. The van der Waals surface area contributed by atoms with Crippen molar-refractivity contribution in [1.82, 2.24) is 15.2 Å². The van der Waals surface area contributed by atoms with Crippen molar-refractivity contribution in [2.24, 2.45) is 0 Å². The molecule has 25 heavy (non-hydrogen) atoms. The lowest BCUT2D eigenvalue weighted by Gasteiger charge is -2.23. The lowest BCUT2D eigenvalue weighted by atomic mass is 10.0. The Morgan fingerprint density at radius 1 is 1.40 bits per heavy atom. The minimum Gasteiger partial charge on any atom is -0.480 e. The summed E-state index contributed by atoms with van der Waals surface area (Å²) in [6.45, 7) is 1.41. The normalized spacial score (nSPS) is 18.3. The Kier molecular flexibility index (Phi) is 4.98. The summed E-state index contributed by atoms with van der Waals surface area (Å²) in [4.78, 5) is 40.3. The zero-order chi connectivity index (χ0) is 18.0. The number of aromatic amines is 1. The van der Waals surface area contributed by atoms with E-state index in [1.807, 2.05) is 24.3 Å². The number of amides is 2. The summed E-state index contributed by atoms with van der Waals surface area (Å²) in [7, 11) is 0. The van der Waals surface area contributed by atoms with Crippen LogP contribution in [0.1, 0.15) is 12.5 Å². The SMILES string of the molecule is CC(=O)N1CSC[C@H]1C(=O)N[C@@H](Cc1c[nH]c2ccccc12)C(=O)O. The highest BCUT2D eigenvalue weighted by molar-refractivity contribution is 7.99. The third-order valence-corrected chi connectivity index (χ3v) is 5.32. The molecular weight excluding hydrogens is 342 g/mol. The number of nitrogens with zero attached hydrogens (tertiary/aromatic N) is 1. The van der Waals surface area contributed by atoms with Crippen molar-refractivity contribution in [3.63, 3.8) is 0 Å². The first-order valence-electron chi connectivity index (χ1n) is 7.90. The van der Waals surface area contributed by atoms with Gasteiger partial charge in [-0.25, -0.2) is 4.79 Å². The Bertz CT molecular complexity index is 819. The molecule has 3 rings (SSSR count). The molecule has 1 aliphatic rings.